The number of nitrogens with one attached hydrogen (secondary N) is 1. The largest absolute Gasteiger partial charge is 0.507 e. The zero-order chi connectivity index (χ0) is 17.8. The molecule has 1 aliphatic heterocycles. The first-order chi connectivity index (χ1) is 12.0. The molecule has 2 N–H and O–H groups in total. The van der Waals surface area contributed by atoms with Gasteiger partial charge in [-0.25, -0.2) is 4.39 Å². The average Bonchev–Trinajstić information content (AvgIpc) is 2.86. The molecule has 1 aliphatic rings. The molecule has 0 radical (unpaired) electrons. The molecule has 0 spiro atoms. The van der Waals surface area contributed by atoms with Crippen LogP contribution >= 0.6 is 11.6 Å². The summed E-state index contributed by atoms with van der Waals surface area (Å²) in [6.45, 7) is 1.69. The van der Waals surface area contributed by atoms with Crippen molar-refractivity contribution in [3.05, 3.63) is 52.8 Å². The van der Waals surface area contributed by atoms with Crippen molar-refractivity contribution >= 4 is 28.9 Å². The number of nitrogens with zero attached hydrogens (tertiary/aromatic N) is 1. The molecule has 2 aromatic rings. The van der Waals surface area contributed by atoms with Crippen LogP contribution in [0.5, 0.6) is 5.75 Å². The van der Waals surface area contributed by atoms with Gasteiger partial charge in [0.15, 0.2) is 0 Å². The number of hydrogen-bond acceptors (Lipinski definition) is 3. The number of carbonyl (C=O) groups excluding carboxylic acids is 1. The van der Waals surface area contributed by atoms with Gasteiger partial charge in [0.2, 0.25) is 0 Å². The van der Waals surface area contributed by atoms with E-state index in [0.717, 1.165) is 25.9 Å². The summed E-state index contributed by atoms with van der Waals surface area (Å²) in [7, 11) is 0. The van der Waals surface area contributed by atoms with E-state index in [2.05, 4.69) is 10.2 Å². The zero-order valence-corrected chi connectivity index (χ0v) is 14.5. The highest BCUT2D eigenvalue weighted by Crippen LogP contribution is 2.27. The van der Waals surface area contributed by atoms with Crippen LogP contribution < -0.4 is 10.2 Å². The van der Waals surface area contributed by atoms with Crippen molar-refractivity contribution in [2.24, 2.45) is 0 Å². The van der Waals surface area contributed by atoms with E-state index in [4.69, 9.17) is 11.6 Å². The van der Waals surface area contributed by atoms with E-state index in [1.807, 2.05) is 0 Å². The van der Waals surface area contributed by atoms with Gasteiger partial charge in [0, 0.05) is 23.8 Å². The monoisotopic (exact) mass is 362 g/mol. The Morgan fingerprint density at radius 3 is 2.48 bits per heavy atom. The number of anilines is 2. The second-order valence-electron chi connectivity index (χ2n) is 6.18. The third kappa shape index (κ3) is 4.23. The molecule has 1 saturated heterocycles. The molecule has 0 aromatic heterocycles. The van der Waals surface area contributed by atoms with Crippen molar-refractivity contribution in [3.8, 4) is 5.75 Å². The normalized spacial score (nSPS) is 14.9. The number of phenolic OH excluding ortho intramolecular Hbond substituents is 1. The molecule has 0 unspecified atom stereocenters. The lowest BCUT2D eigenvalue weighted by molar-refractivity contribution is 0.102. The second kappa shape index (κ2) is 7.74. The van der Waals surface area contributed by atoms with E-state index in [9.17, 15) is 14.3 Å². The maximum atomic E-state index is 14.5. The van der Waals surface area contributed by atoms with Crippen molar-refractivity contribution in [2.75, 3.05) is 23.3 Å². The third-order valence-corrected chi connectivity index (χ3v) is 4.59. The van der Waals surface area contributed by atoms with Gasteiger partial charge in [-0.2, -0.15) is 0 Å². The highest BCUT2D eigenvalue weighted by molar-refractivity contribution is 6.31. The van der Waals surface area contributed by atoms with E-state index in [0.29, 0.717) is 16.4 Å². The zero-order valence-electron chi connectivity index (χ0n) is 13.8. The van der Waals surface area contributed by atoms with Crippen molar-refractivity contribution in [3.63, 3.8) is 0 Å². The summed E-state index contributed by atoms with van der Waals surface area (Å²) in [5, 5.41) is 12.7. The SMILES string of the molecule is O=C(Nc1ccc(N2CCCCCC2)c(F)c1)c1cc(Cl)ccc1O. The molecule has 25 heavy (non-hydrogen) atoms. The minimum Gasteiger partial charge on any atom is -0.507 e. The van der Waals surface area contributed by atoms with Gasteiger partial charge in [-0.1, -0.05) is 24.4 Å². The standard InChI is InChI=1S/C19H20ClFN2O2/c20-13-5-8-18(24)15(11-13)19(25)22-14-6-7-17(16(21)12-14)23-9-3-1-2-4-10-23/h5-8,11-12,24H,1-4,9-10H2,(H,22,25). The number of benzene rings is 2. The molecule has 132 valence electrons. The number of hydrogen-bond donors (Lipinski definition) is 2. The van der Waals surface area contributed by atoms with Crippen LogP contribution in [0.4, 0.5) is 15.8 Å². The topological polar surface area (TPSA) is 52.6 Å². The minimum atomic E-state index is -0.540. The molecule has 1 heterocycles. The van der Waals surface area contributed by atoms with Gasteiger partial charge in [0.05, 0.1) is 11.3 Å². The van der Waals surface area contributed by atoms with Crippen LogP contribution in [-0.2, 0) is 0 Å². The average molecular weight is 363 g/mol. The van der Waals surface area contributed by atoms with Crippen molar-refractivity contribution in [1.82, 2.24) is 0 Å². The van der Waals surface area contributed by atoms with E-state index in [1.54, 1.807) is 12.1 Å². The highest BCUT2D eigenvalue weighted by atomic mass is 35.5. The van der Waals surface area contributed by atoms with Gasteiger partial charge >= 0.3 is 0 Å². The Morgan fingerprint density at radius 2 is 1.80 bits per heavy atom. The van der Waals surface area contributed by atoms with E-state index >= 15 is 0 Å². The fraction of sp³-hybridized carbons (Fsp3) is 0.316. The molecule has 0 aliphatic carbocycles. The summed E-state index contributed by atoms with van der Waals surface area (Å²) < 4.78 is 14.5. The first-order valence-corrected chi connectivity index (χ1v) is 8.77. The van der Waals surface area contributed by atoms with Gasteiger partial charge in [0.25, 0.3) is 5.91 Å². The molecule has 0 atom stereocenters. The molecule has 1 fully saturated rings. The maximum Gasteiger partial charge on any atom is 0.259 e. The number of carbonyl (C=O) groups is 1. The van der Waals surface area contributed by atoms with E-state index in [1.165, 1.54) is 37.1 Å². The molecule has 4 nitrogen and oxygen atoms in total. The Hall–Kier alpha value is -2.27. The third-order valence-electron chi connectivity index (χ3n) is 4.36. The maximum absolute atomic E-state index is 14.5. The number of halogens is 2. The Bertz CT molecular complexity index is 774. The molecule has 1 amide bonds. The van der Waals surface area contributed by atoms with E-state index < -0.39 is 5.91 Å². The lowest BCUT2D eigenvalue weighted by atomic mass is 10.1. The van der Waals surface area contributed by atoms with Crippen molar-refractivity contribution in [1.29, 1.82) is 0 Å². The fourth-order valence-electron chi connectivity index (χ4n) is 3.04. The predicted octanol–water partition coefficient (Wildman–Crippen LogP) is 4.82. The number of amides is 1. The van der Waals surface area contributed by atoms with Crippen LogP contribution in [0.25, 0.3) is 0 Å². The van der Waals surface area contributed by atoms with Gasteiger partial charge in [-0.3, -0.25) is 4.79 Å². The first-order valence-electron chi connectivity index (χ1n) is 8.39. The second-order valence-corrected chi connectivity index (χ2v) is 6.62. The fourth-order valence-corrected chi connectivity index (χ4v) is 3.21. The van der Waals surface area contributed by atoms with Crippen LogP contribution in [0.2, 0.25) is 5.02 Å². The summed E-state index contributed by atoms with van der Waals surface area (Å²) >= 11 is 5.85. The lowest BCUT2D eigenvalue weighted by Crippen LogP contribution is -2.25. The quantitative estimate of drug-likeness (QED) is 0.823. The molecule has 0 bridgehead atoms. The predicted molar refractivity (Wildman–Crippen MR) is 98.2 cm³/mol. The van der Waals surface area contributed by atoms with Gasteiger partial charge in [-0.15, -0.1) is 0 Å². The first kappa shape index (κ1) is 17.5. The van der Waals surface area contributed by atoms with Gasteiger partial charge < -0.3 is 15.3 Å². The van der Waals surface area contributed by atoms with E-state index in [-0.39, 0.29) is 17.1 Å². The molecular weight excluding hydrogens is 343 g/mol. The summed E-state index contributed by atoms with van der Waals surface area (Å²) in [4.78, 5) is 14.3. The van der Waals surface area contributed by atoms with Crippen molar-refractivity contribution in [2.45, 2.75) is 25.7 Å². The number of phenols is 1. The minimum absolute atomic E-state index is 0.0458. The number of rotatable bonds is 3. The highest BCUT2D eigenvalue weighted by Gasteiger charge is 2.16. The number of aromatic hydroxyl groups is 1. The summed E-state index contributed by atoms with van der Waals surface area (Å²) in [5.41, 5.74) is 0.940. The van der Waals surface area contributed by atoms with Crippen LogP contribution in [0.15, 0.2) is 36.4 Å². The molecular formula is C19H20ClFN2O2. The molecule has 2 aromatic carbocycles. The summed E-state index contributed by atoms with van der Waals surface area (Å²) in [5.74, 6) is -1.08. The van der Waals surface area contributed by atoms with Crippen LogP contribution in [0.3, 0.4) is 0 Å². The van der Waals surface area contributed by atoms with Gasteiger partial charge in [-0.05, 0) is 49.2 Å². The summed E-state index contributed by atoms with van der Waals surface area (Å²) in [6, 6.07) is 8.87. The van der Waals surface area contributed by atoms with Crippen molar-refractivity contribution < 1.29 is 14.3 Å². The summed E-state index contributed by atoms with van der Waals surface area (Å²) in [6.07, 6.45) is 4.47. The molecule has 3 rings (SSSR count). The van der Waals surface area contributed by atoms with Crippen LogP contribution in [0.1, 0.15) is 36.0 Å². The Morgan fingerprint density at radius 1 is 1.08 bits per heavy atom. The smallest absolute Gasteiger partial charge is 0.259 e. The Kier molecular flexibility index (Phi) is 5.43. The molecule has 6 heteroatoms. The van der Waals surface area contributed by atoms with Gasteiger partial charge in [0.1, 0.15) is 11.6 Å². The van der Waals surface area contributed by atoms with Crippen LogP contribution in [0, 0.1) is 5.82 Å². The van der Waals surface area contributed by atoms with Crippen LogP contribution in [-0.4, -0.2) is 24.1 Å². The Balaban J connectivity index is 1.76. The Labute approximate surface area is 151 Å². The lowest BCUT2D eigenvalue weighted by Gasteiger charge is -2.23. The molecule has 0 saturated carbocycles.